The molecule has 0 saturated carbocycles. The lowest BCUT2D eigenvalue weighted by molar-refractivity contribution is -0.274. The molecule has 0 bridgehead atoms. The van der Waals surface area contributed by atoms with Gasteiger partial charge < -0.3 is 24.4 Å². The number of amides is 1. The Morgan fingerprint density at radius 1 is 0.864 bits per heavy atom. The number of nitrogens with zero attached hydrogens (tertiary/aromatic N) is 4. The summed E-state index contributed by atoms with van der Waals surface area (Å²) >= 11 is 0. The molecule has 5 rings (SSSR count). The number of alkyl halides is 3. The molecule has 1 aliphatic heterocycles. The summed E-state index contributed by atoms with van der Waals surface area (Å²) in [7, 11) is 1.57. The Balaban J connectivity index is 1.22. The highest BCUT2D eigenvalue weighted by atomic mass is 19.4. The minimum absolute atomic E-state index is 0.187. The van der Waals surface area contributed by atoms with E-state index in [1.54, 1.807) is 61.7 Å². The molecule has 1 aliphatic rings. The van der Waals surface area contributed by atoms with Crippen molar-refractivity contribution in [1.29, 1.82) is 0 Å². The summed E-state index contributed by atoms with van der Waals surface area (Å²) in [5, 5.41) is 11.1. The molecule has 1 fully saturated rings. The minimum Gasteiger partial charge on any atom is -0.497 e. The van der Waals surface area contributed by atoms with Crippen LogP contribution in [0.25, 0.3) is 11.1 Å². The molecule has 9 nitrogen and oxygen atoms in total. The van der Waals surface area contributed by atoms with Gasteiger partial charge in [0.05, 0.1) is 13.7 Å². The SMILES string of the molecule is CCOc1cccc(-c2cc(CN3CCN(c4ccc(C(=O)Nc5ccc(OC)cc5)nn4)CC3)cc(OC(F)(F)F)c2)c1. The van der Waals surface area contributed by atoms with Gasteiger partial charge >= 0.3 is 6.36 Å². The number of carbonyl (C=O) groups is 1. The third-order valence-electron chi connectivity index (χ3n) is 7.01. The third-order valence-corrected chi connectivity index (χ3v) is 7.01. The smallest absolute Gasteiger partial charge is 0.497 e. The summed E-state index contributed by atoms with van der Waals surface area (Å²) in [6, 6.07) is 22.3. The number of carbonyl (C=O) groups excluding carboxylic acids is 1. The molecule has 1 N–H and O–H groups in total. The summed E-state index contributed by atoms with van der Waals surface area (Å²) in [5.41, 5.74) is 2.83. The molecule has 2 heterocycles. The Bertz CT molecular complexity index is 1560. The first-order valence-corrected chi connectivity index (χ1v) is 14.1. The molecule has 1 amide bonds. The number of piperazine rings is 1. The summed E-state index contributed by atoms with van der Waals surface area (Å²) in [6.07, 6.45) is -4.80. The van der Waals surface area contributed by atoms with Crippen LogP contribution >= 0.6 is 0 Å². The highest BCUT2D eigenvalue weighted by Gasteiger charge is 2.31. The molecule has 12 heteroatoms. The zero-order valence-electron chi connectivity index (χ0n) is 24.3. The first-order valence-electron chi connectivity index (χ1n) is 14.1. The van der Waals surface area contributed by atoms with Crippen LogP contribution in [0.5, 0.6) is 17.2 Å². The van der Waals surface area contributed by atoms with Crippen LogP contribution in [0.3, 0.4) is 0 Å². The maximum absolute atomic E-state index is 13.1. The normalized spacial score (nSPS) is 13.8. The molecule has 0 aliphatic carbocycles. The Labute approximate surface area is 253 Å². The van der Waals surface area contributed by atoms with E-state index in [0.717, 1.165) is 5.56 Å². The van der Waals surface area contributed by atoms with Gasteiger partial charge in [-0.25, -0.2) is 0 Å². The molecule has 0 radical (unpaired) electrons. The van der Waals surface area contributed by atoms with Crippen LogP contribution in [0.15, 0.2) is 78.9 Å². The zero-order valence-corrected chi connectivity index (χ0v) is 24.3. The van der Waals surface area contributed by atoms with E-state index >= 15 is 0 Å². The molecule has 230 valence electrons. The molecule has 0 spiro atoms. The van der Waals surface area contributed by atoms with Crippen molar-refractivity contribution in [3.05, 3.63) is 90.1 Å². The van der Waals surface area contributed by atoms with E-state index < -0.39 is 6.36 Å². The van der Waals surface area contributed by atoms with Crippen LogP contribution in [-0.2, 0) is 6.54 Å². The van der Waals surface area contributed by atoms with Gasteiger partial charge in [-0.15, -0.1) is 23.4 Å². The highest BCUT2D eigenvalue weighted by molar-refractivity contribution is 6.02. The van der Waals surface area contributed by atoms with E-state index in [1.165, 1.54) is 12.1 Å². The van der Waals surface area contributed by atoms with Crippen molar-refractivity contribution in [2.45, 2.75) is 19.8 Å². The third kappa shape index (κ3) is 8.16. The van der Waals surface area contributed by atoms with Crippen molar-refractivity contribution < 1.29 is 32.2 Å². The fraction of sp³-hybridized carbons (Fsp3) is 0.281. The number of aromatic nitrogens is 2. The minimum atomic E-state index is -4.80. The number of nitrogens with one attached hydrogen (secondary N) is 1. The molecule has 0 atom stereocenters. The van der Waals surface area contributed by atoms with E-state index in [4.69, 9.17) is 9.47 Å². The fourth-order valence-electron chi connectivity index (χ4n) is 4.92. The first kappa shape index (κ1) is 30.6. The van der Waals surface area contributed by atoms with Crippen LogP contribution in [0.4, 0.5) is 24.7 Å². The largest absolute Gasteiger partial charge is 0.573 e. The van der Waals surface area contributed by atoms with E-state index in [9.17, 15) is 18.0 Å². The standard InChI is InChI=1S/C32H32F3N5O4/c1-3-43-27-6-4-5-23(19-27)24-17-22(18-28(20-24)44-32(33,34)35)21-39-13-15-40(16-14-39)30-12-11-29(37-38-30)31(41)36-25-7-9-26(42-2)10-8-25/h4-12,17-20H,3,13-16,21H2,1-2H3,(H,36,41). The molecule has 44 heavy (non-hydrogen) atoms. The van der Waals surface area contributed by atoms with E-state index in [1.807, 2.05) is 19.1 Å². The number of benzene rings is 3. The lowest BCUT2D eigenvalue weighted by atomic mass is 10.0. The molecule has 3 aromatic carbocycles. The van der Waals surface area contributed by atoms with Crippen molar-refractivity contribution in [2.24, 2.45) is 0 Å². The van der Waals surface area contributed by atoms with Gasteiger partial charge in [-0.3, -0.25) is 9.69 Å². The van der Waals surface area contributed by atoms with Crippen molar-refractivity contribution >= 4 is 17.4 Å². The van der Waals surface area contributed by atoms with Crippen LogP contribution < -0.4 is 24.4 Å². The lowest BCUT2D eigenvalue weighted by Crippen LogP contribution is -2.46. The summed E-state index contributed by atoms with van der Waals surface area (Å²) in [5.74, 6) is 1.32. The molecular formula is C32H32F3N5O4. The monoisotopic (exact) mass is 607 g/mol. The Kier molecular flexibility index (Phi) is 9.49. The molecule has 1 saturated heterocycles. The van der Waals surface area contributed by atoms with Gasteiger partial charge in [0.2, 0.25) is 0 Å². The Morgan fingerprint density at radius 3 is 2.27 bits per heavy atom. The van der Waals surface area contributed by atoms with Crippen molar-refractivity contribution in [3.63, 3.8) is 0 Å². The first-order chi connectivity index (χ1) is 21.2. The lowest BCUT2D eigenvalue weighted by Gasteiger charge is -2.35. The summed E-state index contributed by atoms with van der Waals surface area (Å²) in [6.45, 7) is 5.36. The average molecular weight is 608 g/mol. The van der Waals surface area contributed by atoms with Gasteiger partial charge in [-0.1, -0.05) is 12.1 Å². The number of rotatable bonds is 10. The van der Waals surface area contributed by atoms with Crippen molar-refractivity contribution in [2.75, 3.05) is 50.1 Å². The van der Waals surface area contributed by atoms with Gasteiger partial charge in [-0.05, 0) is 90.3 Å². The Morgan fingerprint density at radius 2 is 1.61 bits per heavy atom. The van der Waals surface area contributed by atoms with Gasteiger partial charge in [0.1, 0.15) is 17.2 Å². The molecule has 4 aromatic rings. The quantitative estimate of drug-likeness (QED) is 0.234. The van der Waals surface area contributed by atoms with Crippen LogP contribution in [0.2, 0.25) is 0 Å². The number of ether oxygens (including phenoxy) is 3. The predicted octanol–water partition coefficient (Wildman–Crippen LogP) is 6.02. The second-order valence-electron chi connectivity index (χ2n) is 10.1. The Hall–Kier alpha value is -4.84. The number of methoxy groups -OCH3 is 1. The van der Waals surface area contributed by atoms with Gasteiger partial charge in [0.25, 0.3) is 5.91 Å². The highest BCUT2D eigenvalue weighted by Crippen LogP contribution is 2.32. The molecule has 1 aromatic heterocycles. The van der Waals surface area contributed by atoms with Crippen LogP contribution in [-0.4, -0.2) is 67.3 Å². The van der Waals surface area contributed by atoms with Crippen LogP contribution in [0, 0.1) is 0 Å². The summed E-state index contributed by atoms with van der Waals surface area (Å²) in [4.78, 5) is 16.8. The maximum Gasteiger partial charge on any atom is 0.573 e. The zero-order chi connectivity index (χ0) is 31.1. The van der Waals surface area contributed by atoms with Crippen molar-refractivity contribution in [3.8, 4) is 28.4 Å². The second kappa shape index (κ2) is 13.6. The van der Waals surface area contributed by atoms with E-state index in [0.29, 0.717) is 73.5 Å². The van der Waals surface area contributed by atoms with E-state index in [-0.39, 0.29) is 17.4 Å². The molecular weight excluding hydrogens is 575 g/mol. The topological polar surface area (TPSA) is 89.1 Å². The van der Waals surface area contributed by atoms with Gasteiger partial charge in [0.15, 0.2) is 11.5 Å². The second-order valence-corrected chi connectivity index (χ2v) is 10.1. The average Bonchev–Trinajstić information content (AvgIpc) is 3.01. The number of anilines is 2. The number of halogens is 3. The number of hydrogen-bond donors (Lipinski definition) is 1. The predicted molar refractivity (Wildman–Crippen MR) is 160 cm³/mol. The van der Waals surface area contributed by atoms with E-state index in [2.05, 4.69) is 30.1 Å². The fourth-order valence-corrected chi connectivity index (χ4v) is 4.92. The van der Waals surface area contributed by atoms with Crippen molar-refractivity contribution in [1.82, 2.24) is 15.1 Å². The van der Waals surface area contributed by atoms with Gasteiger partial charge in [0, 0.05) is 38.4 Å². The van der Waals surface area contributed by atoms with Gasteiger partial charge in [-0.2, -0.15) is 0 Å². The molecule has 0 unspecified atom stereocenters. The number of hydrogen-bond acceptors (Lipinski definition) is 8. The van der Waals surface area contributed by atoms with Crippen LogP contribution in [0.1, 0.15) is 23.0 Å². The maximum atomic E-state index is 13.1. The summed E-state index contributed by atoms with van der Waals surface area (Å²) < 4.78 is 54.4.